The molecule has 1 unspecified atom stereocenters. The monoisotopic (exact) mass is 437 g/mol. The second kappa shape index (κ2) is 9.54. The number of hydrogen-bond acceptors (Lipinski definition) is 5. The van der Waals surface area contributed by atoms with Crippen LogP contribution in [0.4, 0.5) is 4.79 Å². The summed E-state index contributed by atoms with van der Waals surface area (Å²) in [6, 6.07) is 7.23. The maximum absolute atomic E-state index is 12.1. The predicted molar refractivity (Wildman–Crippen MR) is 106 cm³/mol. The molecule has 1 heterocycles. The third-order valence-corrected chi connectivity index (χ3v) is 4.97. The zero-order valence-electron chi connectivity index (χ0n) is 14.5. The highest BCUT2D eigenvalue weighted by molar-refractivity contribution is 9.10. The number of imide groups is 1. The van der Waals surface area contributed by atoms with E-state index in [1.807, 2.05) is 28.8 Å². The molecule has 7 nitrogen and oxygen atoms in total. The Labute approximate surface area is 164 Å². The first-order valence-corrected chi connectivity index (χ1v) is 9.68. The average molecular weight is 438 g/mol. The van der Waals surface area contributed by atoms with Gasteiger partial charge < -0.3 is 5.32 Å². The number of halogens is 1. The van der Waals surface area contributed by atoms with Crippen LogP contribution in [0.5, 0.6) is 0 Å². The molecule has 3 amide bonds. The Morgan fingerprint density at radius 1 is 1.35 bits per heavy atom. The van der Waals surface area contributed by atoms with Gasteiger partial charge in [0.1, 0.15) is 0 Å². The van der Waals surface area contributed by atoms with Gasteiger partial charge in [0.05, 0.1) is 5.25 Å². The first kappa shape index (κ1) is 20.2. The Morgan fingerprint density at radius 3 is 2.65 bits per heavy atom. The molecule has 26 heavy (non-hydrogen) atoms. The summed E-state index contributed by atoms with van der Waals surface area (Å²) in [6.07, 6.45) is 1.75. The Hall–Kier alpha value is -2.13. The second-order valence-corrected chi connectivity index (χ2v) is 7.54. The Morgan fingerprint density at radius 2 is 2.04 bits per heavy atom. The summed E-state index contributed by atoms with van der Waals surface area (Å²) in [5.41, 5.74) is 0.911. The molecule has 0 fully saturated rings. The normalized spacial score (nSPS) is 11.7. The van der Waals surface area contributed by atoms with Gasteiger partial charge in [-0.2, -0.15) is 0 Å². The molecule has 9 heteroatoms. The number of urea groups is 1. The lowest BCUT2D eigenvalue weighted by molar-refractivity contribution is -0.119. The highest BCUT2D eigenvalue weighted by atomic mass is 79.9. The van der Waals surface area contributed by atoms with E-state index in [0.717, 1.165) is 10.0 Å². The fourth-order valence-corrected chi connectivity index (χ4v) is 3.23. The van der Waals surface area contributed by atoms with E-state index in [9.17, 15) is 9.59 Å². The number of benzene rings is 1. The van der Waals surface area contributed by atoms with Crippen molar-refractivity contribution in [2.24, 2.45) is 0 Å². The number of hydrogen-bond donors (Lipinski definition) is 2. The standard InChI is InChI=1S/C17H20BrN5O2S/c1-4-10-23-14(12-6-8-13(18)9-7-12)21-22-17(23)26-11(3)15(24)20-16(25)19-5-2/h4,6-9,11H,1,5,10H2,2-3H3,(H2,19,20,24,25). The van der Waals surface area contributed by atoms with E-state index in [2.05, 4.69) is 43.3 Å². The first-order chi connectivity index (χ1) is 12.5. The van der Waals surface area contributed by atoms with Crippen molar-refractivity contribution in [2.75, 3.05) is 6.54 Å². The molecule has 0 saturated heterocycles. The van der Waals surface area contributed by atoms with E-state index in [0.29, 0.717) is 24.1 Å². The third kappa shape index (κ3) is 5.18. The molecule has 2 N–H and O–H groups in total. The van der Waals surface area contributed by atoms with Crippen LogP contribution in [0.2, 0.25) is 0 Å². The number of nitrogens with zero attached hydrogens (tertiary/aromatic N) is 3. The van der Waals surface area contributed by atoms with E-state index in [4.69, 9.17) is 0 Å². The minimum atomic E-state index is -0.511. The van der Waals surface area contributed by atoms with Crippen LogP contribution < -0.4 is 10.6 Å². The molecular weight excluding hydrogens is 418 g/mol. The van der Waals surface area contributed by atoms with Gasteiger partial charge in [-0.3, -0.25) is 14.7 Å². The maximum Gasteiger partial charge on any atom is 0.321 e. The fraction of sp³-hybridized carbons (Fsp3) is 0.294. The fourth-order valence-electron chi connectivity index (χ4n) is 2.11. The van der Waals surface area contributed by atoms with Gasteiger partial charge in [0.25, 0.3) is 0 Å². The van der Waals surface area contributed by atoms with Crippen LogP contribution in [-0.4, -0.2) is 38.5 Å². The average Bonchev–Trinajstić information content (AvgIpc) is 2.98. The molecule has 0 radical (unpaired) electrons. The van der Waals surface area contributed by atoms with E-state index in [1.165, 1.54) is 11.8 Å². The molecular formula is C17H20BrN5O2S. The Balaban J connectivity index is 2.18. The molecule has 0 aliphatic carbocycles. The number of carbonyl (C=O) groups excluding carboxylic acids is 2. The SMILES string of the molecule is C=CCn1c(SC(C)C(=O)NC(=O)NCC)nnc1-c1ccc(Br)cc1. The van der Waals surface area contributed by atoms with Crippen molar-refractivity contribution in [1.82, 2.24) is 25.4 Å². The third-order valence-electron chi connectivity index (χ3n) is 3.36. The summed E-state index contributed by atoms with van der Waals surface area (Å²) in [7, 11) is 0. The topological polar surface area (TPSA) is 88.9 Å². The molecule has 1 aromatic heterocycles. The molecule has 0 aliphatic heterocycles. The number of thioether (sulfide) groups is 1. The Bertz CT molecular complexity index is 791. The largest absolute Gasteiger partial charge is 0.338 e. The maximum atomic E-state index is 12.1. The molecule has 138 valence electrons. The van der Waals surface area contributed by atoms with Crippen molar-refractivity contribution in [2.45, 2.75) is 30.8 Å². The van der Waals surface area contributed by atoms with Crippen LogP contribution >= 0.6 is 27.7 Å². The van der Waals surface area contributed by atoms with Gasteiger partial charge in [-0.25, -0.2) is 4.79 Å². The summed E-state index contributed by atoms with van der Waals surface area (Å²) in [5.74, 6) is 0.301. The molecule has 0 bridgehead atoms. The van der Waals surface area contributed by atoms with Crippen LogP contribution in [0.25, 0.3) is 11.4 Å². The molecule has 0 saturated carbocycles. The van der Waals surface area contributed by atoms with Gasteiger partial charge in [-0.05, 0) is 26.0 Å². The van der Waals surface area contributed by atoms with Crippen molar-refractivity contribution in [1.29, 1.82) is 0 Å². The van der Waals surface area contributed by atoms with Crippen molar-refractivity contribution in [3.63, 3.8) is 0 Å². The van der Waals surface area contributed by atoms with Gasteiger partial charge >= 0.3 is 6.03 Å². The lowest BCUT2D eigenvalue weighted by Gasteiger charge is -2.12. The highest BCUT2D eigenvalue weighted by Crippen LogP contribution is 2.27. The molecule has 0 spiro atoms. The van der Waals surface area contributed by atoms with Gasteiger partial charge in [0, 0.05) is 23.1 Å². The molecule has 1 atom stereocenters. The molecule has 0 aliphatic rings. The summed E-state index contributed by atoms with van der Waals surface area (Å²) in [4.78, 5) is 23.6. The van der Waals surface area contributed by atoms with E-state index < -0.39 is 11.3 Å². The van der Waals surface area contributed by atoms with Crippen molar-refractivity contribution < 1.29 is 9.59 Å². The minimum Gasteiger partial charge on any atom is -0.338 e. The van der Waals surface area contributed by atoms with Crippen molar-refractivity contribution in [3.05, 3.63) is 41.4 Å². The molecule has 2 rings (SSSR count). The lowest BCUT2D eigenvalue weighted by atomic mass is 10.2. The quantitative estimate of drug-likeness (QED) is 0.512. The van der Waals surface area contributed by atoms with Crippen LogP contribution in [0.1, 0.15) is 13.8 Å². The molecule has 2 aromatic rings. The van der Waals surface area contributed by atoms with E-state index in [1.54, 1.807) is 19.9 Å². The zero-order chi connectivity index (χ0) is 19.1. The number of carbonyl (C=O) groups is 2. The van der Waals surface area contributed by atoms with Gasteiger partial charge in [0.15, 0.2) is 11.0 Å². The number of allylic oxidation sites excluding steroid dienone is 1. The van der Waals surface area contributed by atoms with E-state index in [-0.39, 0.29) is 5.91 Å². The first-order valence-electron chi connectivity index (χ1n) is 8.01. The van der Waals surface area contributed by atoms with Gasteiger partial charge in [0.2, 0.25) is 5.91 Å². The Kier molecular flexibility index (Phi) is 7.40. The van der Waals surface area contributed by atoms with Crippen LogP contribution in [0, 0.1) is 0 Å². The van der Waals surface area contributed by atoms with Crippen molar-refractivity contribution in [3.8, 4) is 11.4 Å². The summed E-state index contributed by atoms with van der Waals surface area (Å²) >= 11 is 4.65. The summed E-state index contributed by atoms with van der Waals surface area (Å²) < 4.78 is 2.86. The number of rotatable bonds is 7. The highest BCUT2D eigenvalue weighted by Gasteiger charge is 2.21. The van der Waals surface area contributed by atoms with Crippen LogP contribution in [0.15, 0.2) is 46.5 Å². The summed E-state index contributed by atoms with van der Waals surface area (Å²) in [6.45, 7) is 8.22. The summed E-state index contributed by atoms with van der Waals surface area (Å²) in [5, 5.41) is 13.4. The molecule has 1 aromatic carbocycles. The number of amides is 3. The smallest absolute Gasteiger partial charge is 0.321 e. The van der Waals surface area contributed by atoms with E-state index >= 15 is 0 Å². The van der Waals surface area contributed by atoms with Crippen molar-refractivity contribution >= 4 is 39.6 Å². The van der Waals surface area contributed by atoms with Gasteiger partial charge in [-0.15, -0.1) is 16.8 Å². The lowest BCUT2D eigenvalue weighted by Crippen LogP contribution is -2.42. The number of nitrogens with one attached hydrogen (secondary N) is 2. The van der Waals surface area contributed by atoms with Crippen LogP contribution in [0.3, 0.4) is 0 Å². The van der Waals surface area contributed by atoms with Crippen LogP contribution in [-0.2, 0) is 11.3 Å². The zero-order valence-corrected chi connectivity index (χ0v) is 16.9. The number of aromatic nitrogens is 3. The second-order valence-electron chi connectivity index (χ2n) is 5.32. The predicted octanol–water partition coefficient (Wildman–Crippen LogP) is 3.22. The minimum absolute atomic E-state index is 0.390. The van der Waals surface area contributed by atoms with Gasteiger partial charge in [-0.1, -0.05) is 45.9 Å².